The van der Waals surface area contributed by atoms with Crippen molar-refractivity contribution in [2.24, 2.45) is 10.9 Å². The molecule has 0 spiro atoms. The van der Waals surface area contributed by atoms with Crippen LogP contribution in [0, 0.1) is 0 Å². The van der Waals surface area contributed by atoms with E-state index in [9.17, 15) is 8.42 Å². The van der Waals surface area contributed by atoms with Crippen LogP contribution >= 0.6 is 0 Å². The summed E-state index contributed by atoms with van der Waals surface area (Å²) in [5.41, 5.74) is 6.46. The van der Waals surface area contributed by atoms with E-state index in [1.807, 2.05) is 12.1 Å². The molecule has 20 heavy (non-hydrogen) atoms. The van der Waals surface area contributed by atoms with E-state index >= 15 is 0 Å². The molecule has 0 heterocycles. The van der Waals surface area contributed by atoms with Crippen LogP contribution in [0.1, 0.15) is 32.3 Å². The fourth-order valence-electron chi connectivity index (χ4n) is 1.85. The summed E-state index contributed by atoms with van der Waals surface area (Å²) in [4.78, 5) is 0.212. The molecule has 0 fully saturated rings. The second-order valence-corrected chi connectivity index (χ2v) is 6.43. The summed E-state index contributed by atoms with van der Waals surface area (Å²) in [6.07, 6.45) is 2.08. The Hall–Kier alpha value is -1.60. The SMILES string of the molecule is CCCc1ccc(S(=O)(=O)NC(C)CC(N)=NO)cc1. The summed E-state index contributed by atoms with van der Waals surface area (Å²) in [7, 11) is -3.59. The quantitative estimate of drug-likeness (QED) is 0.306. The van der Waals surface area contributed by atoms with Crippen LogP contribution < -0.4 is 10.5 Å². The monoisotopic (exact) mass is 299 g/mol. The van der Waals surface area contributed by atoms with Gasteiger partial charge < -0.3 is 10.9 Å². The minimum absolute atomic E-state index is 0.0153. The van der Waals surface area contributed by atoms with E-state index in [1.165, 1.54) is 0 Å². The van der Waals surface area contributed by atoms with Crippen LogP contribution in [-0.4, -0.2) is 25.5 Å². The van der Waals surface area contributed by atoms with Gasteiger partial charge >= 0.3 is 0 Å². The van der Waals surface area contributed by atoms with Gasteiger partial charge in [-0.1, -0.05) is 30.6 Å². The summed E-state index contributed by atoms with van der Waals surface area (Å²) in [6.45, 7) is 3.72. The van der Waals surface area contributed by atoms with E-state index in [2.05, 4.69) is 16.8 Å². The van der Waals surface area contributed by atoms with E-state index < -0.39 is 16.1 Å². The van der Waals surface area contributed by atoms with Crippen molar-refractivity contribution in [3.63, 3.8) is 0 Å². The Bertz CT molecular complexity index is 553. The Kier molecular flexibility index (Phi) is 5.97. The van der Waals surface area contributed by atoms with Crippen molar-refractivity contribution < 1.29 is 13.6 Å². The molecule has 112 valence electrons. The van der Waals surface area contributed by atoms with Crippen LogP contribution in [0.4, 0.5) is 0 Å². The predicted octanol–water partition coefficient (Wildman–Crippen LogP) is 1.44. The average Bonchev–Trinajstić information content (AvgIpc) is 2.38. The minimum Gasteiger partial charge on any atom is -0.409 e. The Labute approximate surface area is 119 Å². The van der Waals surface area contributed by atoms with Gasteiger partial charge in [0.2, 0.25) is 10.0 Å². The molecule has 6 nitrogen and oxygen atoms in total. The number of sulfonamides is 1. The Balaban J connectivity index is 2.78. The second-order valence-electron chi connectivity index (χ2n) is 4.71. The van der Waals surface area contributed by atoms with Gasteiger partial charge in [-0.2, -0.15) is 0 Å². The molecule has 1 aromatic rings. The zero-order valence-electron chi connectivity index (χ0n) is 11.7. The molecule has 7 heteroatoms. The zero-order valence-corrected chi connectivity index (χ0v) is 12.5. The summed E-state index contributed by atoms with van der Waals surface area (Å²) in [6, 6.07) is 6.34. The number of benzene rings is 1. The fraction of sp³-hybridized carbons (Fsp3) is 0.462. The molecule has 0 aromatic heterocycles. The predicted molar refractivity (Wildman–Crippen MR) is 78.2 cm³/mol. The van der Waals surface area contributed by atoms with Crippen molar-refractivity contribution in [1.29, 1.82) is 0 Å². The molecule has 0 aliphatic carbocycles. The van der Waals surface area contributed by atoms with Crippen molar-refractivity contribution in [3.05, 3.63) is 29.8 Å². The maximum atomic E-state index is 12.1. The first-order chi connectivity index (χ1) is 9.39. The molecule has 1 atom stereocenters. The average molecular weight is 299 g/mol. The normalized spacial score (nSPS) is 14.2. The van der Waals surface area contributed by atoms with Crippen molar-refractivity contribution in [2.75, 3.05) is 0 Å². The number of amidine groups is 1. The van der Waals surface area contributed by atoms with Gasteiger partial charge in [0.15, 0.2) is 0 Å². The first-order valence-corrected chi connectivity index (χ1v) is 7.95. The lowest BCUT2D eigenvalue weighted by molar-refractivity contribution is 0.316. The fourth-order valence-corrected chi connectivity index (χ4v) is 3.10. The number of nitrogens with zero attached hydrogens (tertiary/aromatic N) is 1. The molecule has 0 amide bonds. The van der Waals surface area contributed by atoms with Gasteiger partial charge in [-0.15, -0.1) is 0 Å². The third-order valence-electron chi connectivity index (χ3n) is 2.77. The molecule has 0 bridgehead atoms. The zero-order chi connectivity index (χ0) is 15.2. The van der Waals surface area contributed by atoms with E-state index in [0.717, 1.165) is 18.4 Å². The van der Waals surface area contributed by atoms with E-state index in [0.29, 0.717) is 0 Å². The van der Waals surface area contributed by atoms with Crippen LogP contribution in [0.5, 0.6) is 0 Å². The molecule has 0 saturated carbocycles. The second kappa shape index (κ2) is 7.25. The highest BCUT2D eigenvalue weighted by molar-refractivity contribution is 7.89. The maximum absolute atomic E-state index is 12.1. The first-order valence-electron chi connectivity index (χ1n) is 6.46. The number of nitrogens with one attached hydrogen (secondary N) is 1. The van der Waals surface area contributed by atoms with Gasteiger partial charge in [0.25, 0.3) is 0 Å². The van der Waals surface area contributed by atoms with E-state index in [1.54, 1.807) is 19.1 Å². The largest absolute Gasteiger partial charge is 0.409 e. The van der Waals surface area contributed by atoms with Crippen molar-refractivity contribution in [1.82, 2.24) is 4.72 Å². The summed E-state index contributed by atoms with van der Waals surface area (Å²) < 4.78 is 26.7. The van der Waals surface area contributed by atoms with Crippen LogP contribution in [0.15, 0.2) is 34.3 Å². The highest BCUT2D eigenvalue weighted by atomic mass is 32.2. The number of oxime groups is 1. The van der Waals surface area contributed by atoms with Gasteiger partial charge in [0.1, 0.15) is 5.84 Å². The van der Waals surface area contributed by atoms with Crippen LogP contribution in [0.2, 0.25) is 0 Å². The van der Waals surface area contributed by atoms with E-state index in [4.69, 9.17) is 10.9 Å². The summed E-state index contributed by atoms with van der Waals surface area (Å²) >= 11 is 0. The molecular formula is C13H21N3O3S. The lowest BCUT2D eigenvalue weighted by atomic mass is 10.1. The Morgan fingerprint density at radius 2 is 2.00 bits per heavy atom. The molecule has 4 N–H and O–H groups in total. The number of nitrogens with two attached hydrogens (primary N) is 1. The first kappa shape index (κ1) is 16.5. The number of hydrogen-bond donors (Lipinski definition) is 3. The molecule has 0 aliphatic heterocycles. The highest BCUT2D eigenvalue weighted by Gasteiger charge is 2.18. The molecule has 1 aromatic carbocycles. The third kappa shape index (κ3) is 4.82. The van der Waals surface area contributed by atoms with Crippen molar-refractivity contribution in [2.45, 2.75) is 44.0 Å². The van der Waals surface area contributed by atoms with Crippen LogP contribution in [0.3, 0.4) is 0 Å². The molecule has 1 rings (SSSR count). The number of aryl methyl sites for hydroxylation is 1. The lowest BCUT2D eigenvalue weighted by Crippen LogP contribution is -2.35. The Morgan fingerprint density at radius 3 is 2.50 bits per heavy atom. The molecule has 0 radical (unpaired) electrons. The topological polar surface area (TPSA) is 105 Å². The van der Waals surface area contributed by atoms with Crippen LogP contribution in [-0.2, 0) is 16.4 Å². The standard InChI is InChI=1S/C13H21N3O3S/c1-3-4-11-5-7-12(8-6-11)20(18,19)16-10(2)9-13(14)15-17/h5-8,10,16-17H,3-4,9H2,1-2H3,(H2,14,15). The number of hydrogen-bond acceptors (Lipinski definition) is 4. The summed E-state index contributed by atoms with van der Waals surface area (Å²) in [5.74, 6) is -0.0153. The van der Waals surface area contributed by atoms with E-state index in [-0.39, 0.29) is 17.2 Å². The van der Waals surface area contributed by atoms with Gasteiger partial charge in [-0.25, -0.2) is 13.1 Å². The Morgan fingerprint density at radius 1 is 1.40 bits per heavy atom. The lowest BCUT2D eigenvalue weighted by Gasteiger charge is -2.13. The molecule has 0 aliphatic rings. The molecule has 0 saturated heterocycles. The van der Waals surface area contributed by atoms with Gasteiger partial charge in [0.05, 0.1) is 4.90 Å². The van der Waals surface area contributed by atoms with Crippen LogP contribution in [0.25, 0.3) is 0 Å². The van der Waals surface area contributed by atoms with Crippen molar-refractivity contribution in [3.8, 4) is 0 Å². The van der Waals surface area contributed by atoms with Gasteiger partial charge in [-0.05, 0) is 31.0 Å². The summed E-state index contributed by atoms with van der Waals surface area (Å²) in [5, 5.41) is 11.3. The van der Waals surface area contributed by atoms with Gasteiger partial charge in [0, 0.05) is 12.5 Å². The third-order valence-corrected chi connectivity index (χ3v) is 4.38. The maximum Gasteiger partial charge on any atom is 0.240 e. The molecule has 1 unspecified atom stereocenters. The minimum atomic E-state index is -3.59. The number of rotatable bonds is 7. The smallest absolute Gasteiger partial charge is 0.240 e. The molecular weight excluding hydrogens is 278 g/mol. The van der Waals surface area contributed by atoms with Crippen molar-refractivity contribution >= 4 is 15.9 Å². The highest BCUT2D eigenvalue weighted by Crippen LogP contribution is 2.12. The van der Waals surface area contributed by atoms with Gasteiger partial charge in [-0.3, -0.25) is 0 Å².